The van der Waals surface area contributed by atoms with Gasteiger partial charge >= 0.3 is 0 Å². The highest BCUT2D eigenvalue weighted by Gasteiger charge is 2.39. The number of aromatic nitrogens is 1. The normalized spacial score (nSPS) is 16.9. The van der Waals surface area contributed by atoms with Gasteiger partial charge in [0.2, 0.25) is 5.91 Å². The summed E-state index contributed by atoms with van der Waals surface area (Å²) in [6, 6.07) is 12.0. The maximum Gasteiger partial charge on any atom is 0.271 e. The molecule has 6 nitrogen and oxygen atoms in total. The van der Waals surface area contributed by atoms with Crippen molar-refractivity contribution in [2.45, 2.75) is 31.9 Å². The van der Waals surface area contributed by atoms with Crippen LogP contribution in [0, 0.1) is 11.7 Å². The number of carbonyl (C=O) groups excluding carboxylic acids is 2. The molecule has 2 heterocycles. The summed E-state index contributed by atoms with van der Waals surface area (Å²) in [4.78, 5) is 31.5. The van der Waals surface area contributed by atoms with E-state index in [0.717, 1.165) is 36.0 Å². The number of rotatable bonds is 8. The molecule has 1 unspecified atom stereocenters. The molecule has 2 aliphatic rings. The van der Waals surface area contributed by atoms with E-state index >= 15 is 0 Å². The molecule has 1 aliphatic heterocycles. The van der Waals surface area contributed by atoms with Crippen LogP contribution in [-0.2, 0) is 17.8 Å². The van der Waals surface area contributed by atoms with E-state index in [1.54, 1.807) is 23.6 Å². The lowest BCUT2D eigenvalue weighted by Gasteiger charge is -2.38. The van der Waals surface area contributed by atoms with Crippen LogP contribution in [0.5, 0.6) is 5.75 Å². The molecule has 1 aliphatic carbocycles. The smallest absolute Gasteiger partial charge is 0.271 e. The number of fused-ring (bicyclic) bond motifs is 1. The van der Waals surface area contributed by atoms with E-state index in [0.29, 0.717) is 29.5 Å². The van der Waals surface area contributed by atoms with Crippen LogP contribution in [0.15, 0.2) is 60.5 Å². The Morgan fingerprint density at radius 2 is 2.03 bits per heavy atom. The van der Waals surface area contributed by atoms with Crippen molar-refractivity contribution >= 4 is 23.2 Å². The highest BCUT2D eigenvalue weighted by molar-refractivity contribution is 7.09. The van der Waals surface area contributed by atoms with E-state index in [4.69, 9.17) is 4.74 Å². The number of benzene rings is 2. The second-order valence-corrected chi connectivity index (χ2v) is 9.73. The van der Waals surface area contributed by atoms with Gasteiger partial charge in [-0.15, -0.1) is 17.9 Å². The van der Waals surface area contributed by atoms with Crippen LogP contribution < -0.4 is 10.1 Å². The number of hydrogen-bond acceptors (Lipinski definition) is 5. The number of halogens is 1. The maximum atomic E-state index is 13.6. The highest BCUT2D eigenvalue weighted by Crippen LogP contribution is 2.41. The van der Waals surface area contributed by atoms with Crippen molar-refractivity contribution in [3.63, 3.8) is 0 Å². The number of hydrogen-bond donors (Lipinski definition) is 1. The van der Waals surface area contributed by atoms with Gasteiger partial charge in [0.15, 0.2) is 0 Å². The van der Waals surface area contributed by atoms with Crippen molar-refractivity contribution < 1.29 is 18.7 Å². The quantitative estimate of drug-likeness (QED) is 0.465. The second-order valence-electron chi connectivity index (χ2n) is 8.78. The first-order chi connectivity index (χ1) is 17.0. The third-order valence-corrected chi connectivity index (χ3v) is 7.12. The lowest BCUT2D eigenvalue weighted by Crippen LogP contribution is -2.41. The van der Waals surface area contributed by atoms with Crippen molar-refractivity contribution in [3.05, 3.63) is 93.7 Å². The average molecular weight is 492 g/mol. The summed E-state index contributed by atoms with van der Waals surface area (Å²) in [6.07, 6.45) is 4.25. The van der Waals surface area contributed by atoms with Gasteiger partial charge in [0.05, 0.1) is 6.04 Å². The van der Waals surface area contributed by atoms with Crippen molar-refractivity contribution in [3.8, 4) is 5.75 Å². The molecule has 8 heteroatoms. The van der Waals surface area contributed by atoms with E-state index in [9.17, 15) is 14.0 Å². The third kappa shape index (κ3) is 5.12. The number of carbonyl (C=O) groups is 2. The van der Waals surface area contributed by atoms with E-state index < -0.39 is 0 Å². The minimum absolute atomic E-state index is 0.0988. The zero-order chi connectivity index (χ0) is 24.4. The van der Waals surface area contributed by atoms with Crippen LogP contribution in [0.1, 0.15) is 51.1 Å². The average Bonchev–Trinajstić information content (AvgIpc) is 3.62. The molecule has 35 heavy (non-hydrogen) atoms. The first kappa shape index (κ1) is 23.2. The van der Waals surface area contributed by atoms with Gasteiger partial charge in [-0.1, -0.05) is 24.3 Å². The molecule has 5 rings (SSSR count). The molecular weight excluding hydrogens is 465 g/mol. The summed E-state index contributed by atoms with van der Waals surface area (Å²) >= 11 is 1.36. The summed E-state index contributed by atoms with van der Waals surface area (Å²) < 4.78 is 19.7. The molecule has 1 saturated carbocycles. The second kappa shape index (κ2) is 10.00. The van der Waals surface area contributed by atoms with Crippen molar-refractivity contribution in [2.24, 2.45) is 5.92 Å². The fraction of sp³-hybridized carbons (Fsp3) is 0.296. The first-order valence-corrected chi connectivity index (χ1v) is 12.6. The van der Waals surface area contributed by atoms with Crippen LogP contribution in [0.3, 0.4) is 0 Å². The van der Waals surface area contributed by atoms with E-state index in [1.807, 2.05) is 23.1 Å². The fourth-order valence-electron chi connectivity index (χ4n) is 4.37. The Bertz CT molecular complexity index is 1250. The summed E-state index contributed by atoms with van der Waals surface area (Å²) in [5.41, 5.74) is 3.39. The minimum Gasteiger partial charge on any atom is -0.486 e. The summed E-state index contributed by atoms with van der Waals surface area (Å²) in [7, 11) is 0. The fourth-order valence-corrected chi connectivity index (χ4v) is 5.06. The number of amides is 2. The molecule has 0 saturated heterocycles. The Labute approximate surface area is 207 Å². The molecule has 1 N–H and O–H groups in total. The predicted octanol–water partition coefficient (Wildman–Crippen LogP) is 4.66. The molecule has 1 atom stereocenters. The van der Waals surface area contributed by atoms with Crippen LogP contribution >= 0.6 is 11.3 Å². The largest absolute Gasteiger partial charge is 0.486 e. The minimum atomic E-state index is -0.303. The molecule has 0 spiro atoms. The van der Waals surface area contributed by atoms with E-state index in [-0.39, 0.29) is 36.2 Å². The zero-order valence-electron chi connectivity index (χ0n) is 19.2. The van der Waals surface area contributed by atoms with Crippen LogP contribution in [-0.4, -0.2) is 34.8 Å². The molecule has 0 bridgehead atoms. The molecule has 0 radical (unpaired) electrons. The molecule has 1 fully saturated rings. The number of nitrogens with zero attached hydrogens (tertiary/aromatic N) is 2. The first-order valence-electron chi connectivity index (χ1n) is 11.7. The van der Waals surface area contributed by atoms with Gasteiger partial charge < -0.3 is 15.0 Å². The molecular formula is C27H26FN3O3S. The third-order valence-electron chi connectivity index (χ3n) is 6.29. The van der Waals surface area contributed by atoms with Gasteiger partial charge in [-0.3, -0.25) is 9.59 Å². The molecule has 2 aromatic carbocycles. The van der Waals surface area contributed by atoms with Crippen LogP contribution in [0.4, 0.5) is 4.39 Å². The number of nitrogens with one attached hydrogen (secondary N) is 1. The lowest BCUT2D eigenvalue weighted by molar-refractivity contribution is -0.134. The van der Waals surface area contributed by atoms with Crippen molar-refractivity contribution in [1.29, 1.82) is 0 Å². The summed E-state index contributed by atoms with van der Waals surface area (Å²) in [6.45, 7) is 4.84. The van der Waals surface area contributed by atoms with E-state index in [2.05, 4.69) is 16.9 Å². The Morgan fingerprint density at radius 3 is 2.77 bits per heavy atom. The van der Waals surface area contributed by atoms with Gasteiger partial charge in [-0.05, 0) is 60.2 Å². The highest BCUT2D eigenvalue weighted by atomic mass is 32.1. The van der Waals surface area contributed by atoms with Gasteiger partial charge in [0.1, 0.15) is 28.9 Å². The predicted molar refractivity (Wildman–Crippen MR) is 132 cm³/mol. The summed E-state index contributed by atoms with van der Waals surface area (Å²) in [5, 5.41) is 5.10. The maximum absolute atomic E-state index is 13.6. The van der Waals surface area contributed by atoms with Gasteiger partial charge in [0, 0.05) is 24.4 Å². The Balaban J connectivity index is 1.37. The molecule has 2 amide bonds. The van der Waals surface area contributed by atoms with Gasteiger partial charge in [-0.25, -0.2) is 9.37 Å². The SMILES string of the molecule is C=CCNC(=O)c1csc(COc2ccc3c(c2)C(c2ccc(F)cc2)N(C(=O)C2CC2)CC3)n1. The van der Waals surface area contributed by atoms with Crippen LogP contribution in [0.2, 0.25) is 0 Å². The van der Waals surface area contributed by atoms with Gasteiger partial charge in [-0.2, -0.15) is 0 Å². The van der Waals surface area contributed by atoms with Crippen molar-refractivity contribution in [2.75, 3.05) is 13.1 Å². The Kier molecular flexibility index (Phi) is 6.63. The monoisotopic (exact) mass is 491 g/mol. The Morgan fingerprint density at radius 1 is 1.23 bits per heavy atom. The van der Waals surface area contributed by atoms with Crippen LogP contribution in [0.25, 0.3) is 0 Å². The standard InChI is InChI=1S/C27H26FN3O3S/c1-2-12-29-26(32)23-16-35-24(30-23)15-34-21-10-7-17-11-13-31(27(33)19-3-4-19)25(22(17)14-21)18-5-8-20(28)9-6-18/h2,5-10,14,16,19,25H,1,3-4,11-13,15H2,(H,29,32). The molecule has 1 aromatic heterocycles. The molecule has 3 aromatic rings. The number of ether oxygens (including phenoxy) is 1. The summed E-state index contributed by atoms with van der Waals surface area (Å²) in [5.74, 6) is 0.374. The van der Waals surface area contributed by atoms with Crippen molar-refractivity contribution in [1.82, 2.24) is 15.2 Å². The molecule has 180 valence electrons. The van der Waals surface area contributed by atoms with Gasteiger partial charge in [0.25, 0.3) is 5.91 Å². The zero-order valence-corrected chi connectivity index (χ0v) is 20.0. The lowest BCUT2D eigenvalue weighted by atomic mass is 9.87. The van der Waals surface area contributed by atoms with E-state index in [1.165, 1.54) is 23.5 Å². The number of thiazole rings is 1. The topological polar surface area (TPSA) is 71.5 Å². The Hall–Kier alpha value is -3.52.